The van der Waals surface area contributed by atoms with Crippen LogP contribution in [0.3, 0.4) is 0 Å². The van der Waals surface area contributed by atoms with Gasteiger partial charge in [0, 0.05) is 24.5 Å². The van der Waals surface area contributed by atoms with Crippen LogP contribution in [-0.2, 0) is 4.74 Å². The minimum Gasteiger partial charge on any atom is -0.459 e. The third-order valence-corrected chi connectivity index (χ3v) is 4.29. The topological polar surface area (TPSA) is 37.6 Å². The number of likely N-dealkylation sites (N-methyl/N-ethyl adjacent to an activating group) is 1. The lowest BCUT2D eigenvalue weighted by Crippen LogP contribution is -2.49. The summed E-state index contributed by atoms with van der Waals surface area (Å²) in [5.41, 5.74) is 0.955. The molecule has 3 rings (SSSR count). The number of nitrogens with zero attached hydrogens (tertiary/aromatic N) is 1. The molecule has 21 heavy (non-hydrogen) atoms. The maximum absolute atomic E-state index is 6.00. The molecule has 1 N–H and O–H groups in total. The number of hydrogen-bond donors (Lipinski definition) is 1. The Kier molecular flexibility index (Phi) is 4.29. The largest absolute Gasteiger partial charge is 0.459 e. The van der Waals surface area contributed by atoms with Crippen molar-refractivity contribution in [1.29, 1.82) is 0 Å². The molecule has 4 heteroatoms. The fraction of sp³-hybridized carbons (Fsp3) is 0.529. The fourth-order valence-corrected chi connectivity index (χ4v) is 2.96. The van der Waals surface area contributed by atoms with Crippen molar-refractivity contribution in [3.8, 4) is 0 Å². The highest BCUT2D eigenvalue weighted by atomic mass is 16.5. The highest BCUT2D eigenvalue weighted by Crippen LogP contribution is 2.25. The zero-order valence-corrected chi connectivity index (χ0v) is 13.0. The number of ether oxygens (including phenoxy) is 1. The minimum atomic E-state index is 0.199. The van der Waals surface area contributed by atoms with Gasteiger partial charge in [0.05, 0.1) is 18.8 Å². The summed E-state index contributed by atoms with van der Waals surface area (Å²) in [6.07, 6.45) is 0.300. The second-order valence-electron chi connectivity index (χ2n) is 5.97. The molecular weight excluding hydrogens is 264 g/mol. The zero-order chi connectivity index (χ0) is 14.8. The Morgan fingerprint density at radius 3 is 2.90 bits per heavy atom. The predicted octanol–water partition coefficient (Wildman–Crippen LogP) is 2.80. The van der Waals surface area contributed by atoms with Crippen molar-refractivity contribution < 1.29 is 9.15 Å². The van der Waals surface area contributed by atoms with Crippen LogP contribution in [0.25, 0.3) is 11.0 Å². The molecule has 1 fully saturated rings. The van der Waals surface area contributed by atoms with E-state index in [-0.39, 0.29) is 6.04 Å². The summed E-state index contributed by atoms with van der Waals surface area (Å²) in [7, 11) is 1.99. The second kappa shape index (κ2) is 6.18. The van der Waals surface area contributed by atoms with E-state index in [1.54, 1.807) is 0 Å². The normalized spacial score (nSPS) is 25.3. The van der Waals surface area contributed by atoms with Gasteiger partial charge in [-0.2, -0.15) is 0 Å². The van der Waals surface area contributed by atoms with E-state index in [9.17, 15) is 0 Å². The first kappa shape index (κ1) is 14.6. The number of para-hydroxylation sites is 1. The van der Waals surface area contributed by atoms with Crippen LogP contribution in [0.1, 0.15) is 25.6 Å². The average Bonchev–Trinajstić information content (AvgIpc) is 2.91. The monoisotopic (exact) mass is 288 g/mol. The van der Waals surface area contributed by atoms with E-state index in [2.05, 4.69) is 36.2 Å². The van der Waals surface area contributed by atoms with E-state index in [4.69, 9.17) is 9.15 Å². The van der Waals surface area contributed by atoms with E-state index >= 15 is 0 Å². The van der Waals surface area contributed by atoms with Gasteiger partial charge in [0.2, 0.25) is 0 Å². The summed E-state index contributed by atoms with van der Waals surface area (Å²) in [6.45, 7) is 7.06. The molecule has 0 radical (unpaired) electrons. The first-order valence-electron chi connectivity index (χ1n) is 7.68. The van der Waals surface area contributed by atoms with Crippen LogP contribution in [0.2, 0.25) is 0 Å². The fourth-order valence-electron chi connectivity index (χ4n) is 2.96. The SMILES string of the molecule is CNC(CN1CC(C)OCC1C)c1cc2ccccc2o1. The van der Waals surface area contributed by atoms with Gasteiger partial charge in [-0.3, -0.25) is 4.90 Å². The Bertz CT molecular complexity index is 562. The third-order valence-electron chi connectivity index (χ3n) is 4.29. The van der Waals surface area contributed by atoms with Crippen molar-refractivity contribution in [2.24, 2.45) is 0 Å². The van der Waals surface area contributed by atoms with Crippen molar-refractivity contribution in [1.82, 2.24) is 10.2 Å². The number of nitrogens with one attached hydrogen (secondary N) is 1. The molecule has 0 amide bonds. The van der Waals surface area contributed by atoms with E-state index in [1.807, 2.05) is 25.2 Å². The van der Waals surface area contributed by atoms with E-state index in [0.29, 0.717) is 12.1 Å². The van der Waals surface area contributed by atoms with Gasteiger partial charge in [0.25, 0.3) is 0 Å². The second-order valence-corrected chi connectivity index (χ2v) is 5.97. The first-order valence-corrected chi connectivity index (χ1v) is 7.68. The summed E-state index contributed by atoms with van der Waals surface area (Å²) >= 11 is 0. The predicted molar refractivity (Wildman–Crippen MR) is 84.5 cm³/mol. The molecular formula is C17H24N2O2. The van der Waals surface area contributed by atoms with Gasteiger partial charge in [0.15, 0.2) is 0 Å². The van der Waals surface area contributed by atoms with Crippen LogP contribution in [0.4, 0.5) is 0 Å². The molecule has 0 saturated carbocycles. The summed E-state index contributed by atoms with van der Waals surface area (Å²) in [6, 6.07) is 11.0. The van der Waals surface area contributed by atoms with Crippen LogP contribution >= 0.6 is 0 Å². The maximum atomic E-state index is 6.00. The van der Waals surface area contributed by atoms with Crippen molar-refractivity contribution in [3.05, 3.63) is 36.1 Å². The molecule has 0 aliphatic carbocycles. The van der Waals surface area contributed by atoms with Crippen molar-refractivity contribution >= 4 is 11.0 Å². The Labute approximate surface area is 126 Å². The summed E-state index contributed by atoms with van der Waals surface area (Å²) in [5.74, 6) is 1.00. The Morgan fingerprint density at radius 1 is 1.33 bits per heavy atom. The van der Waals surface area contributed by atoms with Crippen molar-refractivity contribution in [2.45, 2.75) is 32.0 Å². The molecule has 2 heterocycles. The van der Waals surface area contributed by atoms with Crippen LogP contribution in [0.15, 0.2) is 34.7 Å². The summed E-state index contributed by atoms with van der Waals surface area (Å²) in [5, 5.41) is 4.55. The molecule has 1 aromatic heterocycles. The van der Waals surface area contributed by atoms with Gasteiger partial charge in [-0.25, -0.2) is 0 Å². The molecule has 114 valence electrons. The lowest BCUT2D eigenvalue weighted by molar-refractivity contribution is -0.0525. The smallest absolute Gasteiger partial charge is 0.134 e. The number of furan rings is 1. The summed E-state index contributed by atoms with van der Waals surface area (Å²) in [4.78, 5) is 2.47. The van der Waals surface area contributed by atoms with E-state index in [1.165, 1.54) is 0 Å². The van der Waals surface area contributed by atoms with Crippen LogP contribution < -0.4 is 5.32 Å². The van der Waals surface area contributed by atoms with Crippen molar-refractivity contribution in [3.63, 3.8) is 0 Å². The Hall–Kier alpha value is -1.36. The van der Waals surface area contributed by atoms with Crippen LogP contribution in [0, 0.1) is 0 Å². The molecule has 4 nitrogen and oxygen atoms in total. The highest BCUT2D eigenvalue weighted by Gasteiger charge is 2.27. The van der Waals surface area contributed by atoms with Gasteiger partial charge < -0.3 is 14.5 Å². The number of hydrogen-bond acceptors (Lipinski definition) is 4. The Balaban J connectivity index is 1.77. The highest BCUT2D eigenvalue weighted by molar-refractivity contribution is 5.77. The number of morpholine rings is 1. The van der Waals surface area contributed by atoms with Crippen molar-refractivity contribution in [2.75, 3.05) is 26.7 Å². The molecule has 1 aliphatic heterocycles. The molecule has 1 saturated heterocycles. The van der Waals surface area contributed by atoms with E-state index < -0.39 is 0 Å². The molecule has 3 unspecified atom stereocenters. The maximum Gasteiger partial charge on any atom is 0.134 e. The third kappa shape index (κ3) is 3.12. The zero-order valence-electron chi connectivity index (χ0n) is 13.0. The van der Waals surface area contributed by atoms with Crippen LogP contribution in [0.5, 0.6) is 0 Å². The van der Waals surface area contributed by atoms with Gasteiger partial charge in [-0.15, -0.1) is 0 Å². The number of benzene rings is 1. The quantitative estimate of drug-likeness (QED) is 0.939. The first-order chi connectivity index (χ1) is 10.2. The standard InChI is InChI=1S/C17H24N2O2/c1-12-11-20-13(2)9-19(12)10-15(18-3)17-8-14-6-4-5-7-16(14)21-17/h4-8,12-13,15,18H,9-11H2,1-3H3. The number of fused-ring (bicyclic) bond motifs is 1. The molecule has 1 aliphatic rings. The lowest BCUT2D eigenvalue weighted by Gasteiger charge is -2.38. The molecule has 3 atom stereocenters. The van der Waals surface area contributed by atoms with E-state index in [0.717, 1.165) is 36.4 Å². The Morgan fingerprint density at radius 2 is 2.14 bits per heavy atom. The van der Waals surface area contributed by atoms with Crippen LogP contribution in [-0.4, -0.2) is 43.8 Å². The molecule has 0 spiro atoms. The minimum absolute atomic E-state index is 0.199. The number of rotatable bonds is 4. The van der Waals surface area contributed by atoms with Gasteiger partial charge in [-0.05, 0) is 33.0 Å². The molecule has 0 bridgehead atoms. The molecule has 1 aromatic carbocycles. The van der Waals surface area contributed by atoms with Gasteiger partial charge >= 0.3 is 0 Å². The lowest BCUT2D eigenvalue weighted by atomic mass is 10.1. The van der Waals surface area contributed by atoms with Gasteiger partial charge in [0.1, 0.15) is 11.3 Å². The van der Waals surface area contributed by atoms with Gasteiger partial charge in [-0.1, -0.05) is 18.2 Å². The average molecular weight is 288 g/mol. The summed E-state index contributed by atoms with van der Waals surface area (Å²) < 4.78 is 11.7. The molecule has 2 aromatic rings.